The van der Waals surface area contributed by atoms with E-state index in [1.54, 1.807) is 6.92 Å². The fourth-order valence-corrected chi connectivity index (χ4v) is 4.63. The van der Waals surface area contributed by atoms with Crippen LogP contribution in [0.1, 0.15) is 42.1 Å². The Labute approximate surface area is 162 Å². The van der Waals surface area contributed by atoms with Crippen molar-refractivity contribution in [2.45, 2.75) is 49.2 Å². The van der Waals surface area contributed by atoms with Crippen molar-refractivity contribution < 1.29 is 27.9 Å². The molecule has 1 spiro atoms. The van der Waals surface area contributed by atoms with Crippen LogP contribution in [0.2, 0.25) is 0 Å². The van der Waals surface area contributed by atoms with Crippen molar-refractivity contribution >= 4 is 27.7 Å². The van der Waals surface area contributed by atoms with E-state index in [1.807, 2.05) is 0 Å². The molecule has 2 amide bonds. The Hall–Kier alpha value is -1.61. The average molecular weight is 447 g/mol. The van der Waals surface area contributed by atoms with Gasteiger partial charge in [0.2, 0.25) is 5.91 Å². The number of amides is 2. The Kier molecular flexibility index (Phi) is 3.96. The van der Waals surface area contributed by atoms with E-state index in [0.717, 1.165) is 4.90 Å². The fourth-order valence-electron chi connectivity index (χ4n) is 4.30. The first-order chi connectivity index (χ1) is 12.5. The number of carbonyl (C=O) groups excluding carboxylic acids is 2. The third kappa shape index (κ3) is 2.86. The molecule has 0 radical (unpaired) electrons. The Balaban J connectivity index is 1.57. The summed E-state index contributed by atoms with van der Waals surface area (Å²) in [5.74, 6) is -5.10. The first-order valence-corrected chi connectivity index (χ1v) is 9.42. The number of nitrogens with zero attached hydrogens (tertiary/aromatic N) is 1. The fraction of sp³-hybridized carbons (Fsp3) is 0.556. The largest absolute Gasteiger partial charge is 0.390 e. The number of nitrogens with one attached hydrogen (secondary N) is 1. The number of halogens is 4. The van der Waals surface area contributed by atoms with Crippen molar-refractivity contribution in [1.29, 1.82) is 0 Å². The molecule has 9 heteroatoms. The summed E-state index contributed by atoms with van der Waals surface area (Å²) in [6.07, 6.45) is 0.241. The van der Waals surface area contributed by atoms with Crippen LogP contribution < -0.4 is 5.32 Å². The van der Waals surface area contributed by atoms with Crippen molar-refractivity contribution in [1.82, 2.24) is 10.2 Å². The highest BCUT2D eigenvalue weighted by Gasteiger charge is 2.75. The minimum absolute atomic E-state index is 0.0272. The number of benzene rings is 1. The first-order valence-electron chi connectivity index (χ1n) is 8.63. The molecule has 2 N–H and O–H groups in total. The SMILES string of the molecule is CC1(O)CC(NC(=O)CN2C[C@]3(CC3(F)F)c3c(ccc(Br)c3F)C2=O)C1. The first kappa shape index (κ1) is 18.7. The van der Waals surface area contributed by atoms with Gasteiger partial charge in [0.1, 0.15) is 5.82 Å². The maximum Gasteiger partial charge on any atom is 0.260 e. The third-order valence-electron chi connectivity index (χ3n) is 5.72. The van der Waals surface area contributed by atoms with Crippen molar-refractivity contribution in [2.75, 3.05) is 13.1 Å². The van der Waals surface area contributed by atoms with Crippen LogP contribution in [0.4, 0.5) is 13.2 Å². The van der Waals surface area contributed by atoms with Crippen LogP contribution >= 0.6 is 15.9 Å². The predicted octanol–water partition coefficient (Wildman–Crippen LogP) is 2.35. The third-order valence-corrected chi connectivity index (χ3v) is 6.34. The van der Waals surface area contributed by atoms with Crippen LogP contribution in [-0.4, -0.2) is 52.5 Å². The molecule has 146 valence electrons. The quantitative estimate of drug-likeness (QED) is 0.748. The predicted molar refractivity (Wildman–Crippen MR) is 93.0 cm³/mol. The van der Waals surface area contributed by atoms with E-state index in [0.29, 0.717) is 12.8 Å². The number of hydrogen-bond acceptors (Lipinski definition) is 3. The highest BCUT2D eigenvalue weighted by Crippen LogP contribution is 2.64. The molecule has 1 heterocycles. The molecule has 0 bridgehead atoms. The van der Waals surface area contributed by atoms with Gasteiger partial charge in [-0.05, 0) is 47.8 Å². The summed E-state index contributed by atoms with van der Waals surface area (Å²) in [5.41, 5.74) is -3.00. The van der Waals surface area contributed by atoms with Crippen LogP contribution in [-0.2, 0) is 10.2 Å². The molecule has 0 aromatic heterocycles. The monoisotopic (exact) mass is 446 g/mol. The molecule has 4 rings (SSSR count). The molecule has 1 aliphatic heterocycles. The minimum atomic E-state index is -3.13. The lowest BCUT2D eigenvalue weighted by Gasteiger charge is -2.41. The average Bonchev–Trinajstić information content (AvgIpc) is 3.06. The lowest BCUT2D eigenvalue weighted by Crippen LogP contribution is -2.56. The maximum absolute atomic E-state index is 14.6. The smallest absolute Gasteiger partial charge is 0.260 e. The number of aliphatic hydroxyl groups is 1. The molecule has 0 unspecified atom stereocenters. The van der Waals surface area contributed by atoms with Gasteiger partial charge in [0, 0.05) is 30.1 Å². The summed E-state index contributed by atoms with van der Waals surface area (Å²) >= 11 is 2.99. The van der Waals surface area contributed by atoms with Gasteiger partial charge in [-0.3, -0.25) is 9.59 Å². The highest BCUT2D eigenvalue weighted by molar-refractivity contribution is 9.10. The maximum atomic E-state index is 14.6. The number of hydrogen-bond donors (Lipinski definition) is 2. The van der Waals surface area contributed by atoms with Crippen LogP contribution in [0.5, 0.6) is 0 Å². The Morgan fingerprint density at radius 3 is 2.59 bits per heavy atom. The van der Waals surface area contributed by atoms with Gasteiger partial charge >= 0.3 is 0 Å². The van der Waals surface area contributed by atoms with Crippen LogP contribution in [0.25, 0.3) is 0 Å². The summed E-state index contributed by atoms with van der Waals surface area (Å²) in [7, 11) is 0. The van der Waals surface area contributed by atoms with E-state index in [9.17, 15) is 27.9 Å². The topological polar surface area (TPSA) is 69.6 Å². The summed E-state index contributed by atoms with van der Waals surface area (Å²) in [5, 5.41) is 12.4. The number of rotatable bonds is 3. The van der Waals surface area contributed by atoms with Gasteiger partial charge in [0.05, 0.1) is 22.0 Å². The van der Waals surface area contributed by atoms with Crippen molar-refractivity contribution in [3.05, 3.63) is 33.5 Å². The number of fused-ring (bicyclic) bond motifs is 2. The zero-order chi connectivity index (χ0) is 19.8. The molecule has 3 aliphatic rings. The zero-order valence-electron chi connectivity index (χ0n) is 14.5. The molecule has 2 aliphatic carbocycles. The standard InChI is InChI=1S/C18H18BrF3N2O3/c1-16(27)4-9(5-16)23-12(25)6-24-8-17(7-18(17,21)22)13-10(15(24)26)2-3-11(19)14(13)20/h2-3,9,27H,4-8H2,1H3,(H,23,25)/t9?,16?,17-/m1/s1. The van der Waals surface area contributed by atoms with Gasteiger partial charge in [-0.1, -0.05) is 0 Å². The molecule has 1 aromatic carbocycles. The van der Waals surface area contributed by atoms with Gasteiger partial charge < -0.3 is 15.3 Å². The van der Waals surface area contributed by atoms with Gasteiger partial charge in [-0.2, -0.15) is 0 Å². The van der Waals surface area contributed by atoms with E-state index in [2.05, 4.69) is 21.2 Å². The molecule has 1 aromatic rings. The second kappa shape index (κ2) is 5.70. The summed E-state index contributed by atoms with van der Waals surface area (Å²) in [6, 6.07) is 2.42. The summed E-state index contributed by atoms with van der Waals surface area (Å²) in [4.78, 5) is 26.0. The lowest BCUT2D eigenvalue weighted by molar-refractivity contribution is -0.125. The van der Waals surface area contributed by atoms with Gasteiger partial charge in [-0.15, -0.1) is 0 Å². The van der Waals surface area contributed by atoms with Gasteiger partial charge in [0.15, 0.2) is 0 Å². The summed E-state index contributed by atoms with van der Waals surface area (Å²) < 4.78 is 43.0. The van der Waals surface area contributed by atoms with E-state index in [4.69, 9.17) is 0 Å². The molecule has 5 nitrogen and oxygen atoms in total. The summed E-state index contributed by atoms with van der Waals surface area (Å²) in [6.45, 7) is 0.869. The zero-order valence-corrected chi connectivity index (χ0v) is 16.1. The van der Waals surface area contributed by atoms with Crippen LogP contribution in [0.3, 0.4) is 0 Å². The van der Waals surface area contributed by atoms with Crippen molar-refractivity contribution in [2.24, 2.45) is 0 Å². The number of alkyl halides is 2. The van der Waals surface area contributed by atoms with E-state index in [1.165, 1.54) is 12.1 Å². The van der Waals surface area contributed by atoms with E-state index in [-0.39, 0.29) is 28.2 Å². The van der Waals surface area contributed by atoms with E-state index >= 15 is 0 Å². The molecule has 1 atom stereocenters. The Morgan fingerprint density at radius 1 is 1.41 bits per heavy atom. The highest BCUT2D eigenvalue weighted by atomic mass is 79.9. The molecular formula is C18H18BrF3N2O3. The molecular weight excluding hydrogens is 429 g/mol. The van der Waals surface area contributed by atoms with Crippen molar-refractivity contribution in [3.63, 3.8) is 0 Å². The Bertz CT molecular complexity index is 852. The molecule has 27 heavy (non-hydrogen) atoms. The second-order valence-electron chi connectivity index (χ2n) is 8.08. The van der Waals surface area contributed by atoms with Crippen LogP contribution in [0.15, 0.2) is 16.6 Å². The Morgan fingerprint density at radius 2 is 2.04 bits per heavy atom. The molecule has 0 saturated heterocycles. The number of carbonyl (C=O) groups is 2. The molecule has 2 saturated carbocycles. The minimum Gasteiger partial charge on any atom is -0.390 e. The van der Waals surface area contributed by atoms with E-state index < -0.39 is 47.5 Å². The molecule has 2 fully saturated rings. The van der Waals surface area contributed by atoms with Crippen molar-refractivity contribution in [3.8, 4) is 0 Å². The second-order valence-corrected chi connectivity index (χ2v) is 8.93. The van der Waals surface area contributed by atoms with Gasteiger partial charge in [0.25, 0.3) is 11.8 Å². The van der Waals surface area contributed by atoms with Gasteiger partial charge in [-0.25, -0.2) is 13.2 Å². The van der Waals surface area contributed by atoms with Crippen LogP contribution in [0, 0.1) is 5.82 Å². The normalized spacial score (nSPS) is 33.5. The lowest BCUT2D eigenvalue weighted by atomic mass is 9.77.